The summed E-state index contributed by atoms with van der Waals surface area (Å²) in [5.41, 5.74) is 0.0900. The third-order valence-corrected chi connectivity index (χ3v) is 1.88. The molecule has 1 amide bonds. The highest BCUT2D eigenvalue weighted by atomic mass is 16.5. The van der Waals surface area contributed by atoms with Crippen molar-refractivity contribution in [2.75, 3.05) is 26.8 Å². The second-order valence-electron chi connectivity index (χ2n) is 3.23. The predicted molar refractivity (Wildman–Crippen MR) is 61.5 cm³/mol. The fraction of sp³-hybridized carbons (Fsp3) is 0.636. The van der Waals surface area contributed by atoms with Crippen LogP contribution < -0.4 is 10.6 Å². The molecule has 0 saturated carbocycles. The van der Waals surface area contributed by atoms with Crippen molar-refractivity contribution in [3.63, 3.8) is 0 Å². The van der Waals surface area contributed by atoms with E-state index in [9.17, 15) is 4.79 Å². The van der Waals surface area contributed by atoms with E-state index in [1.54, 1.807) is 7.11 Å². The summed E-state index contributed by atoms with van der Waals surface area (Å²) in [6, 6.07) is 1.85. The SMILES string of the molecule is CCCCNC(=O)/C(C#N)=C\NCCOC. The van der Waals surface area contributed by atoms with Gasteiger partial charge in [0.2, 0.25) is 0 Å². The molecule has 0 fully saturated rings. The van der Waals surface area contributed by atoms with Crippen molar-refractivity contribution >= 4 is 5.91 Å². The van der Waals surface area contributed by atoms with E-state index in [2.05, 4.69) is 10.6 Å². The van der Waals surface area contributed by atoms with Crippen LogP contribution in [0.4, 0.5) is 0 Å². The number of hydrogen-bond donors (Lipinski definition) is 2. The second kappa shape index (κ2) is 9.99. The number of ether oxygens (including phenoxy) is 1. The van der Waals surface area contributed by atoms with Crippen LogP contribution in [0.25, 0.3) is 0 Å². The number of amides is 1. The quantitative estimate of drug-likeness (QED) is 0.359. The number of methoxy groups -OCH3 is 1. The molecule has 16 heavy (non-hydrogen) atoms. The van der Waals surface area contributed by atoms with Crippen LogP contribution in [-0.4, -0.2) is 32.7 Å². The van der Waals surface area contributed by atoms with E-state index in [0.29, 0.717) is 19.7 Å². The molecule has 0 aliphatic rings. The molecule has 0 atom stereocenters. The Hall–Kier alpha value is -1.54. The summed E-state index contributed by atoms with van der Waals surface area (Å²) in [7, 11) is 1.59. The van der Waals surface area contributed by atoms with Gasteiger partial charge < -0.3 is 15.4 Å². The fourth-order valence-electron chi connectivity index (χ4n) is 0.958. The number of carbonyl (C=O) groups excluding carboxylic acids is 1. The monoisotopic (exact) mass is 225 g/mol. The molecule has 0 aliphatic carbocycles. The highest BCUT2D eigenvalue weighted by molar-refractivity contribution is 5.97. The van der Waals surface area contributed by atoms with Crippen molar-refractivity contribution in [2.45, 2.75) is 19.8 Å². The molecule has 0 aromatic carbocycles. The maximum atomic E-state index is 11.4. The number of unbranched alkanes of at least 4 members (excludes halogenated alkanes) is 1. The average Bonchev–Trinajstić information content (AvgIpc) is 2.29. The van der Waals surface area contributed by atoms with Crippen LogP contribution in [0.5, 0.6) is 0 Å². The molecule has 0 bridgehead atoms. The lowest BCUT2D eigenvalue weighted by Gasteiger charge is -2.03. The zero-order chi connectivity index (χ0) is 12.2. The zero-order valence-electron chi connectivity index (χ0n) is 9.88. The van der Waals surface area contributed by atoms with Gasteiger partial charge in [0.25, 0.3) is 5.91 Å². The van der Waals surface area contributed by atoms with Crippen molar-refractivity contribution in [3.05, 3.63) is 11.8 Å². The highest BCUT2D eigenvalue weighted by Crippen LogP contribution is 1.91. The molecule has 0 spiro atoms. The molecule has 0 heterocycles. The Labute approximate surface area is 96.5 Å². The maximum Gasteiger partial charge on any atom is 0.263 e. The number of nitrogens with zero attached hydrogens (tertiary/aromatic N) is 1. The van der Waals surface area contributed by atoms with Gasteiger partial charge in [-0.3, -0.25) is 4.79 Å². The topological polar surface area (TPSA) is 74.2 Å². The average molecular weight is 225 g/mol. The Morgan fingerprint density at radius 1 is 1.50 bits per heavy atom. The zero-order valence-corrected chi connectivity index (χ0v) is 9.88. The molecule has 0 rings (SSSR count). The third kappa shape index (κ3) is 6.85. The van der Waals surface area contributed by atoms with Gasteiger partial charge in [0, 0.05) is 26.4 Å². The van der Waals surface area contributed by atoms with Crippen LogP contribution in [0, 0.1) is 11.3 Å². The maximum absolute atomic E-state index is 11.4. The first-order valence-electron chi connectivity index (χ1n) is 5.37. The van der Waals surface area contributed by atoms with Crippen molar-refractivity contribution in [1.29, 1.82) is 5.26 Å². The van der Waals surface area contributed by atoms with E-state index >= 15 is 0 Å². The molecule has 0 saturated heterocycles. The molecule has 0 unspecified atom stereocenters. The normalized spacial score (nSPS) is 10.7. The Morgan fingerprint density at radius 2 is 2.25 bits per heavy atom. The van der Waals surface area contributed by atoms with Crippen molar-refractivity contribution < 1.29 is 9.53 Å². The lowest BCUT2D eigenvalue weighted by molar-refractivity contribution is -0.117. The molecule has 0 aromatic rings. The first-order chi connectivity index (χ1) is 7.76. The van der Waals surface area contributed by atoms with E-state index in [1.165, 1.54) is 6.20 Å². The first kappa shape index (κ1) is 14.5. The summed E-state index contributed by atoms with van der Waals surface area (Å²) in [5, 5.41) is 14.3. The van der Waals surface area contributed by atoms with Gasteiger partial charge in [-0.05, 0) is 6.42 Å². The first-order valence-corrected chi connectivity index (χ1v) is 5.37. The van der Waals surface area contributed by atoms with E-state index in [4.69, 9.17) is 10.00 Å². The number of nitrogens with one attached hydrogen (secondary N) is 2. The van der Waals surface area contributed by atoms with Crippen LogP contribution in [0.1, 0.15) is 19.8 Å². The fourth-order valence-corrected chi connectivity index (χ4v) is 0.958. The van der Waals surface area contributed by atoms with E-state index in [-0.39, 0.29) is 11.5 Å². The molecule has 0 aromatic heterocycles. The Balaban J connectivity index is 3.96. The van der Waals surface area contributed by atoms with Crippen LogP contribution in [0.3, 0.4) is 0 Å². The highest BCUT2D eigenvalue weighted by Gasteiger charge is 2.06. The van der Waals surface area contributed by atoms with Crippen LogP contribution in [-0.2, 0) is 9.53 Å². The lowest BCUT2D eigenvalue weighted by Crippen LogP contribution is -2.27. The summed E-state index contributed by atoms with van der Waals surface area (Å²) in [5.74, 6) is -0.333. The standard InChI is InChI=1S/C11H19N3O2/c1-3-4-5-14-11(15)10(8-12)9-13-6-7-16-2/h9,13H,3-7H2,1-2H3,(H,14,15)/b10-9-. The molecule has 0 radical (unpaired) electrons. The summed E-state index contributed by atoms with van der Waals surface area (Å²) in [4.78, 5) is 11.4. The molecular formula is C11H19N3O2. The van der Waals surface area contributed by atoms with Gasteiger partial charge in [-0.1, -0.05) is 13.3 Å². The Morgan fingerprint density at radius 3 is 2.81 bits per heavy atom. The molecule has 0 aliphatic heterocycles. The largest absolute Gasteiger partial charge is 0.387 e. The summed E-state index contributed by atoms with van der Waals surface area (Å²) >= 11 is 0. The third-order valence-electron chi connectivity index (χ3n) is 1.88. The van der Waals surface area contributed by atoms with Gasteiger partial charge in [0.15, 0.2) is 0 Å². The minimum atomic E-state index is -0.333. The number of nitriles is 1. The van der Waals surface area contributed by atoms with Crippen molar-refractivity contribution in [2.24, 2.45) is 0 Å². The van der Waals surface area contributed by atoms with Crippen molar-refractivity contribution in [1.82, 2.24) is 10.6 Å². The number of rotatable bonds is 8. The minimum absolute atomic E-state index is 0.0900. The minimum Gasteiger partial charge on any atom is -0.387 e. The van der Waals surface area contributed by atoms with Crippen molar-refractivity contribution in [3.8, 4) is 6.07 Å². The van der Waals surface area contributed by atoms with Gasteiger partial charge >= 0.3 is 0 Å². The van der Waals surface area contributed by atoms with Crippen LogP contribution in [0.15, 0.2) is 11.8 Å². The summed E-state index contributed by atoms with van der Waals surface area (Å²) in [6.07, 6.45) is 3.35. The summed E-state index contributed by atoms with van der Waals surface area (Å²) < 4.78 is 4.82. The van der Waals surface area contributed by atoms with Gasteiger partial charge in [0.05, 0.1) is 6.61 Å². The summed E-state index contributed by atoms with van der Waals surface area (Å²) in [6.45, 7) is 3.75. The van der Waals surface area contributed by atoms with E-state index in [1.807, 2.05) is 13.0 Å². The molecule has 2 N–H and O–H groups in total. The van der Waals surface area contributed by atoms with Crippen LogP contribution in [0.2, 0.25) is 0 Å². The predicted octanol–water partition coefficient (Wildman–Crippen LogP) is 0.546. The smallest absolute Gasteiger partial charge is 0.263 e. The molecule has 5 heteroatoms. The van der Waals surface area contributed by atoms with Gasteiger partial charge in [-0.25, -0.2) is 0 Å². The lowest BCUT2D eigenvalue weighted by atomic mass is 10.3. The van der Waals surface area contributed by atoms with Gasteiger partial charge in [0.1, 0.15) is 11.6 Å². The molecular weight excluding hydrogens is 206 g/mol. The van der Waals surface area contributed by atoms with Gasteiger partial charge in [-0.2, -0.15) is 5.26 Å². The van der Waals surface area contributed by atoms with Gasteiger partial charge in [-0.15, -0.1) is 0 Å². The van der Waals surface area contributed by atoms with Crippen LogP contribution >= 0.6 is 0 Å². The van der Waals surface area contributed by atoms with E-state index < -0.39 is 0 Å². The number of carbonyl (C=O) groups is 1. The Bertz CT molecular complexity index is 269. The molecule has 5 nitrogen and oxygen atoms in total. The number of hydrogen-bond acceptors (Lipinski definition) is 4. The Kier molecular flexibility index (Phi) is 9.03. The van der Waals surface area contributed by atoms with E-state index in [0.717, 1.165) is 12.8 Å². The second-order valence-corrected chi connectivity index (χ2v) is 3.23. The molecule has 90 valence electrons.